The Kier molecular flexibility index (Phi) is 20.2. The minimum absolute atomic E-state index is 0.00533. The molecule has 0 aromatic carbocycles. The van der Waals surface area contributed by atoms with E-state index in [1.807, 2.05) is 0 Å². The van der Waals surface area contributed by atoms with Crippen LogP contribution in [0.3, 0.4) is 0 Å². The van der Waals surface area contributed by atoms with Gasteiger partial charge >= 0.3 is 5.97 Å². The maximum atomic E-state index is 12.0. The van der Waals surface area contributed by atoms with Crippen molar-refractivity contribution in [2.45, 2.75) is 71.0 Å². The van der Waals surface area contributed by atoms with Crippen molar-refractivity contribution in [2.24, 2.45) is 5.73 Å². The van der Waals surface area contributed by atoms with Crippen molar-refractivity contribution in [3.8, 4) is 0 Å². The van der Waals surface area contributed by atoms with E-state index in [0.717, 1.165) is 4.90 Å². The topological polar surface area (TPSA) is 234 Å². The molecule has 46 heavy (non-hydrogen) atoms. The van der Waals surface area contributed by atoms with Crippen molar-refractivity contribution < 1.29 is 57.6 Å². The highest BCUT2D eigenvalue weighted by molar-refractivity contribution is 6.13. The summed E-state index contributed by atoms with van der Waals surface area (Å²) >= 11 is 0. The smallest absolute Gasteiger partial charge is 0.305 e. The minimum Gasteiger partial charge on any atom is -0.460 e. The Hall–Kier alpha value is -3.48. The van der Waals surface area contributed by atoms with E-state index >= 15 is 0 Å². The summed E-state index contributed by atoms with van der Waals surface area (Å²) < 4.78 is 26.8. The van der Waals surface area contributed by atoms with Crippen molar-refractivity contribution in [3.63, 3.8) is 0 Å². The van der Waals surface area contributed by atoms with Gasteiger partial charge in [0.1, 0.15) is 12.8 Å². The maximum absolute atomic E-state index is 12.0. The number of carbonyl (C=O) groups is 6. The number of nitrogens with one attached hydrogen (secondary N) is 3. The number of carbonyl (C=O) groups excluding carboxylic acids is 6. The van der Waals surface area contributed by atoms with E-state index in [4.69, 9.17) is 34.5 Å². The van der Waals surface area contributed by atoms with E-state index in [-0.39, 0.29) is 109 Å². The molecule has 262 valence electrons. The van der Waals surface area contributed by atoms with Crippen LogP contribution in [0.15, 0.2) is 12.2 Å². The highest BCUT2D eigenvalue weighted by Crippen LogP contribution is 2.13. The molecule has 5 amide bonds. The van der Waals surface area contributed by atoms with Crippen LogP contribution < -0.4 is 21.7 Å². The molecular formula is C29H49N5O12. The number of rotatable bonds is 25. The lowest BCUT2D eigenvalue weighted by Gasteiger charge is -2.28. The second-order valence-electron chi connectivity index (χ2n) is 11.0. The van der Waals surface area contributed by atoms with Gasteiger partial charge in [-0.15, -0.1) is 0 Å². The van der Waals surface area contributed by atoms with Gasteiger partial charge in [0.05, 0.1) is 38.6 Å². The molecule has 17 heteroatoms. The first-order chi connectivity index (χ1) is 21.8. The van der Waals surface area contributed by atoms with Gasteiger partial charge in [0.2, 0.25) is 17.7 Å². The SMILES string of the molecule is CC(C)(C)OC(COC(=O)CCCC(=O)NCCNC(=O)CCOCCOCCNC(=O)CCN1C(=O)C=CC1=O)OC(N)CO. The van der Waals surface area contributed by atoms with Crippen LogP contribution in [0.1, 0.15) is 52.9 Å². The first-order valence-corrected chi connectivity index (χ1v) is 15.1. The molecule has 6 N–H and O–H groups in total. The number of ether oxygens (including phenoxy) is 5. The number of nitrogens with zero attached hydrogens (tertiary/aromatic N) is 1. The number of hydrogen-bond donors (Lipinski definition) is 5. The molecule has 17 nitrogen and oxygen atoms in total. The Morgan fingerprint density at radius 1 is 0.826 bits per heavy atom. The van der Waals surface area contributed by atoms with Gasteiger partial charge in [-0.05, 0) is 27.2 Å². The molecule has 0 bridgehead atoms. The number of esters is 1. The third-order valence-corrected chi connectivity index (χ3v) is 5.80. The Labute approximate surface area is 268 Å². The number of aliphatic hydroxyl groups excluding tert-OH is 1. The van der Waals surface area contributed by atoms with Gasteiger partial charge in [0, 0.05) is 64.0 Å². The zero-order valence-electron chi connectivity index (χ0n) is 26.9. The number of hydrogen-bond acceptors (Lipinski definition) is 13. The van der Waals surface area contributed by atoms with Crippen LogP contribution in [0.2, 0.25) is 0 Å². The fourth-order valence-corrected chi connectivity index (χ4v) is 3.64. The third kappa shape index (κ3) is 20.5. The number of nitrogens with two attached hydrogens (primary N) is 1. The van der Waals surface area contributed by atoms with Crippen molar-refractivity contribution in [3.05, 3.63) is 12.2 Å². The Balaban J connectivity index is 1.97. The zero-order valence-corrected chi connectivity index (χ0v) is 26.9. The van der Waals surface area contributed by atoms with Crippen molar-refractivity contribution in [2.75, 3.05) is 65.8 Å². The molecule has 1 heterocycles. The summed E-state index contributed by atoms with van der Waals surface area (Å²) in [6.45, 7) is 6.42. The monoisotopic (exact) mass is 659 g/mol. The summed E-state index contributed by atoms with van der Waals surface area (Å²) in [5.74, 6) is -2.22. The van der Waals surface area contributed by atoms with Gasteiger partial charge in [-0.3, -0.25) is 33.7 Å². The zero-order chi connectivity index (χ0) is 34.4. The molecule has 0 aromatic rings. The van der Waals surface area contributed by atoms with E-state index < -0.39 is 42.5 Å². The average molecular weight is 660 g/mol. The standard InChI is InChI=1S/C29H49N5O12/c1-29(2,3)46-28(45-21(30)19-35)20-44-27(41)6-4-5-22(36)31-11-12-32-24(38)10-15-42-17-18-43-16-13-33-23(37)9-14-34-25(39)7-8-26(34)40/h7-8,21,28,35H,4-6,9-20,30H2,1-3H3,(H,31,36)(H,32,38)(H,33,37). The fourth-order valence-electron chi connectivity index (χ4n) is 3.64. The lowest BCUT2D eigenvalue weighted by molar-refractivity contribution is -0.237. The molecule has 0 fully saturated rings. The molecule has 2 atom stereocenters. The summed E-state index contributed by atoms with van der Waals surface area (Å²) in [7, 11) is 0. The lowest BCUT2D eigenvalue weighted by Crippen LogP contribution is -2.40. The van der Waals surface area contributed by atoms with Gasteiger partial charge in [0.15, 0.2) is 6.29 Å². The van der Waals surface area contributed by atoms with Gasteiger partial charge < -0.3 is 50.5 Å². The van der Waals surface area contributed by atoms with E-state index in [1.165, 1.54) is 12.2 Å². The number of amides is 5. The van der Waals surface area contributed by atoms with Gasteiger partial charge in [-0.1, -0.05) is 0 Å². The second-order valence-corrected chi connectivity index (χ2v) is 11.0. The Morgan fingerprint density at radius 3 is 2.00 bits per heavy atom. The third-order valence-electron chi connectivity index (χ3n) is 5.80. The summed E-state index contributed by atoms with van der Waals surface area (Å²) in [6, 6.07) is 0. The molecule has 1 rings (SSSR count). The van der Waals surface area contributed by atoms with Crippen LogP contribution in [0.4, 0.5) is 0 Å². The predicted octanol–water partition coefficient (Wildman–Crippen LogP) is -1.78. The normalized spacial score (nSPS) is 14.2. The van der Waals surface area contributed by atoms with E-state index in [2.05, 4.69) is 16.0 Å². The largest absolute Gasteiger partial charge is 0.460 e. The predicted molar refractivity (Wildman–Crippen MR) is 161 cm³/mol. The molecule has 0 aliphatic carbocycles. The van der Waals surface area contributed by atoms with E-state index in [0.29, 0.717) is 0 Å². The summed E-state index contributed by atoms with van der Waals surface area (Å²) in [5.41, 5.74) is 4.97. The van der Waals surface area contributed by atoms with Gasteiger partial charge in [-0.25, -0.2) is 0 Å². The highest BCUT2D eigenvalue weighted by atomic mass is 16.7. The molecule has 1 aliphatic heterocycles. The Bertz CT molecular complexity index is 999. The summed E-state index contributed by atoms with van der Waals surface area (Å²) in [4.78, 5) is 71.6. The molecular weight excluding hydrogens is 610 g/mol. The second kappa shape index (κ2) is 22.9. The fraction of sp³-hybridized carbons (Fsp3) is 0.724. The lowest BCUT2D eigenvalue weighted by atomic mass is 10.2. The first-order valence-electron chi connectivity index (χ1n) is 15.1. The quantitative estimate of drug-likeness (QED) is 0.0316. The highest BCUT2D eigenvalue weighted by Gasteiger charge is 2.24. The number of aliphatic hydroxyl groups is 1. The van der Waals surface area contributed by atoms with Crippen LogP contribution in [0.25, 0.3) is 0 Å². The van der Waals surface area contributed by atoms with E-state index in [9.17, 15) is 28.8 Å². The van der Waals surface area contributed by atoms with E-state index in [1.54, 1.807) is 20.8 Å². The van der Waals surface area contributed by atoms with Gasteiger partial charge in [0.25, 0.3) is 11.8 Å². The molecule has 0 aromatic heterocycles. The Morgan fingerprint density at radius 2 is 1.39 bits per heavy atom. The van der Waals surface area contributed by atoms with Crippen molar-refractivity contribution >= 4 is 35.5 Å². The average Bonchev–Trinajstić information content (AvgIpc) is 3.31. The first kappa shape index (κ1) is 40.5. The minimum atomic E-state index is -0.986. The molecule has 0 radical (unpaired) electrons. The summed E-state index contributed by atoms with van der Waals surface area (Å²) in [6.07, 6.45) is 0.887. The number of imide groups is 1. The van der Waals surface area contributed by atoms with Crippen LogP contribution in [0.5, 0.6) is 0 Å². The van der Waals surface area contributed by atoms with Crippen molar-refractivity contribution in [1.82, 2.24) is 20.9 Å². The van der Waals surface area contributed by atoms with Crippen LogP contribution in [0, 0.1) is 0 Å². The summed E-state index contributed by atoms with van der Waals surface area (Å²) in [5, 5.41) is 17.0. The molecule has 0 spiro atoms. The molecule has 0 saturated carbocycles. The van der Waals surface area contributed by atoms with Crippen molar-refractivity contribution in [1.29, 1.82) is 0 Å². The van der Waals surface area contributed by atoms with Gasteiger partial charge in [-0.2, -0.15) is 0 Å². The van der Waals surface area contributed by atoms with Crippen LogP contribution >= 0.6 is 0 Å². The van der Waals surface area contributed by atoms with Crippen LogP contribution in [-0.2, 0) is 52.5 Å². The van der Waals surface area contributed by atoms with Crippen LogP contribution in [-0.4, -0.2) is 129 Å². The molecule has 2 unspecified atom stereocenters. The molecule has 0 saturated heterocycles. The molecule has 1 aliphatic rings. The maximum Gasteiger partial charge on any atom is 0.305 e.